The molecule has 1 atom stereocenters. The van der Waals surface area contributed by atoms with Gasteiger partial charge in [0, 0.05) is 19.0 Å². The van der Waals surface area contributed by atoms with Gasteiger partial charge in [0.25, 0.3) is 0 Å². The van der Waals surface area contributed by atoms with Gasteiger partial charge in [0.05, 0.1) is 25.1 Å². The van der Waals surface area contributed by atoms with Crippen molar-refractivity contribution in [2.75, 3.05) is 24.2 Å². The van der Waals surface area contributed by atoms with Crippen LogP contribution in [0.2, 0.25) is 0 Å². The molecule has 1 N–H and O–H groups in total. The van der Waals surface area contributed by atoms with Gasteiger partial charge in [0.2, 0.25) is 15.9 Å². The van der Waals surface area contributed by atoms with Gasteiger partial charge >= 0.3 is 0 Å². The predicted octanol–water partition coefficient (Wildman–Crippen LogP) is 3.44. The molecule has 0 saturated heterocycles. The maximum absolute atomic E-state index is 12.5. The van der Waals surface area contributed by atoms with E-state index in [1.54, 1.807) is 24.3 Å². The molecule has 2 aromatic rings. The first-order chi connectivity index (χ1) is 13.9. The number of ether oxygens (including phenoxy) is 1. The van der Waals surface area contributed by atoms with Crippen molar-refractivity contribution in [3.8, 4) is 5.75 Å². The highest BCUT2D eigenvalue weighted by atomic mass is 32.2. The molecule has 7 heteroatoms. The van der Waals surface area contributed by atoms with Crippen molar-refractivity contribution in [3.05, 3.63) is 59.7 Å². The van der Waals surface area contributed by atoms with Crippen molar-refractivity contribution >= 4 is 21.6 Å². The smallest absolute Gasteiger partial charge is 0.232 e. The fraction of sp³-hybridized carbons (Fsp3) is 0.409. The average Bonchev–Trinajstić information content (AvgIpc) is 2.70. The molecule has 0 bridgehead atoms. The van der Waals surface area contributed by atoms with Gasteiger partial charge in [-0.25, -0.2) is 8.42 Å². The Hall–Kier alpha value is -2.54. The van der Waals surface area contributed by atoms with E-state index in [0.717, 1.165) is 19.3 Å². The molecule has 0 aliphatic heterocycles. The summed E-state index contributed by atoms with van der Waals surface area (Å²) in [6.07, 6.45) is 4.92. The summed E-state index contributed by atoms with van der Waals surface area (Å²) in [6, 6.07) is 15.2. The number of methoxy groups -OCH3 is 1. The van der Waals surface area contributed by atoms with Crippen molar-refractivity contribution in [1.82, 2.24) is 5.32 Å². The van der Waals surface area contributed by atoms with Crippen LogP contribution >= 0.6 is 0 Å². The molecule has 6 nitrogen and oxygen atoms in total. The number of hydrogen-bond donors (Lipinski definition) is 1. The van der Waals surface area contributed by atoms with E-state index >= 15 is 0 Å². The molecule has 0 unspecified atom stereocenters. The quantitative estimate of drug-likeness (QED) is 0.715. The zero-order chi connectivity index (χ0) is 20.9. The number of benzene rings is 2. The molecule has 1 aliphatic carbocycles. The zero-order valence-corrected chi connectivity index (χ0v) is 17.7. The lowest BCUT2D eigenvalue weighted by Crippen LogP contribution is -2.33. The number of fused-ring (bicyclic) bond motifs is 1. The summed E-state index contributed by atoms with van der Waals surface area (Å²) in [5.74, 6) is 0.538. The van der Waals surface area contributed by atoms with E-state index in [4.69, 9.17) is 4.74 Å². The Morgan fingerprint density at radius 1 is 1.21 bits per heavy atom. The number of anilines is 1. The van der Waals surface area contributed by atoms with E-state index in [9.17, 15) is 13.2 Å². The molecule has 0 spiro atoms. The van der Waals surface area contributed by atoms with Gasteiger partial charge in [-0.3, -0.25) is 9.10 Å². The molecule has 0 fully saturated rings. The lowest BCUT2D eigenvalue weighted by molar-refractivity contribution is -0.122. The Kier molecular flexibility index (Phi) is 6.79. The van der Waals surface area contributed by atoms with Gasteiger partial charge in [-0.2, -0.15) is 0 Å². The third-order valence-corrected chi connectivity index (χ3v) is 6.41. The highest BCUT2D eigenvalue weighted by Crippen LogP contribution is 2.29. The Balaban J connectivity index is 1.59. The van der Waals surface area contributed by atoms with E-state index in [1.165, 1.54) is 28.8 Å². The summed E-state index contributed by atoms with van der Waals surface area (Å²) in [6.45, 7) is 0.237. The monoisotopic (exact) mass is 416 g/mol. The molecule has 0 aromatic heterocycles. The van der Waals surface area contributed by atoms with Crippen molar-refractivity contribution in [3.63, 3.8) is 0 Å². The lowest BCUT2D eigenvalue weighted by atomic mass is 9.87. The second kappa shape index (κ2) is 9.31. The van der Waals surface area contributed by atoms with Crippen LogP contribution in [-0.2, 0) is 21.2 Å². The van der Waals surface area contributed by atoms with E-state index in [2.05, 4.69) is 17.4 Å². The van der Waals surface area contributed by atoms with Crippen LogP contribution in [0.1, 0.15) is 42.9 Å². The number of amides is 1. The van der Waals surface area contributed by atoms with Crippen LogP contribution in [-0.4, -0.2) is 34.2 Å². The summed E-state index contributed by atoms with van der Waals surface area (Å²) >= 11 is 0. The van der Waals surface area contributed by atoms with Crippen LogP contribution in [0.5, 0.6) is 5.75 Å². The summed E-state index contributed by atoms with van der Waals surface area (Å²) < 4.78 is 31.0. The molecule has 0 heterocycles. The number of aryl methyl sites for hydroxylation is 1. The van der Waals surface area contributed by atoms with E-state index in [0.29, 0.717) is 17.9 Å². The van der Waals surface area contributed by atoms with Crippen LogP contribution in [0.4, 0.5) is 5.69 Å². The first-order valence-electron chi connectivity index (χ1n) is 9.87. The molecule has 0 saturated carbocycles. The third kappa shape index (κ3) is 5.50. The predicted molar refractivity (Wildman–Crippen MR) is 115 cm³/mol. The average molecular weight is 417 g/mol. The standard InChI is InChI=1S/C22H28N2O4S/c1-28-19-11-6-10-18(16-19)24(29(2,26)27)15-7-14-22(25)23-21-13-5-9-17-8-3-4-12-20(17)21/h3-4,6,8,10-12,16,21H,5,7,9,13-15H2,1-2H3,(H,23,25)/t21-/m1/s1. The minimum absolute atomic E-state index is 0.0387. The number of rotatable bonds is 8. The van der Waals surface area contributed by atoms with Gasteiger partial charge < -0.3 is 10.1 Å². The molecular weight excluding hydrogens is 388 g/mol. The Morgan fingerprint density at radius 2 is 2.00 bits per heavy atom. The molecule has 0 radical (unpaired) electrons. The number of sulfonamides is 1. The van der Waals surface area contributed by atoms with Crippen LogP contribution < -0.4 is 14.4 Å². The maximum atomic E-state index is 12.5. The molecular formula is C22H28N2O4S. The number of carbonyl (C=O) groups is 1. The Labute approximate surface area is 172 Å². The molecule has 29 heavy (non-hydrogen) atoms. The number of nitrogens with zero attached hydrogens (tertiary/aromatic N) is 1. The van der Waals surface area contributed by atoms with E-state index < -0.39 is 10.0 Å². The fourth-order valence-corrected chi connectivity index (χ4v) is 4.76. The van der Waals surface area contributed by atoms with Gasteiger partial charge in [-0.05, 0) is 48.9 Å². The van der Waals surface area contributed by atoms with Gasteiger partial charge in [-0.1, -0.05) is 30.3 Å². The largest absolute Gasteiger partial charge is 0.497 e. The highest BCUT2D eigenvalue weighted by Gasteiger charge is 2.22. The Morgan fingerprint density at radius 3 is 2.76 bits per heavy atom. The van der Waals surface area contributed by atoms with Crippen molar-refractivity contribution in [2.45, 2.75) is 38.1 Å². The van der Waals surface area contributed by atoms with E-state index in [1.807, 2.05) is 12.1 Å². The van der Waals surface area contributed by atoms with Crippen LogP contribution in [0.25, 0.3) is 0 Å². The highest BCUT2D eigenvalue weighted by molar-refractivity contribution is 7.92. The second-order valence-electron chi connectivity index (χ2n) is 7.35. The number of nitrogens with one attached hydrogen (secondary N) is 1. The third-order valence-electron chi connectivity index (χ3n) is 5.21. The number of carbonyl (C=O) groups excluding carboxylic acids is 1. The van der Waals surface area contributed by atoms with Crippen molar-refractivity contribution in [2.24, 2.45) is 0 Å². The van der Waals surface area contributed by atoms with Crippen LogP contribution in [0.3, 0.4) is 0 Å². The fourth-order valence-electron chi connectivity index (χ4n) is 3.81. The first-order valence-corrected chi connectivity index (χ1v) is 11.7. The van der Waals surface area contributed by atoms with Crippen molar-refractivity contribution in [1.29, 1.82) is 0 Å². The first kappa shape index (κ1) is 21.2. The minimum Gasteiger partial charge on any atom is -0.497 e. The second-order valence-corrected chi connectivity index (χ2v) is 9.26. The summed E-state index contributed by atoms with van der Waals surface area (Å²) in [4.78, 5) is 12.5. The SMILES string of the molecule is COc1cccc(N(CCCC(=O)N[C@@H]2CCCc3ccccc32)S(C)(=O)=O)c1. The summed E-state index contributed by atoms with van der Waals surface area (Å²) in [7, 11) is -1.92. The maximum Gasteiger partial charge on any atom is 0.232 e. The van der Waals surface area contributed by atoms with Gasteiger partial charge in [0.15, 0.2) is 0 Å². The van der Waals surface area contributed by atoms with E-state index in [-0.39, 0.29) is 24.9 Å². The lowest BCUT2D eigenvalue weighted by Gasteiger charge is -2.26. The van der Waals surface area contributed by atoms with Crippen LogP contribution in [0, 0.1) is 0 Å². The topological polar surface area (TPSA) is 75.7 Å². The summed E-state index contributed by atoms with van der Waals surface area (Å²) in [5.41, 5.74) is 3.03. The molecule has 3 rings (SSSR count). The molecule has 1 amide bonds. The number of hydrogen-bond acceptors (Lipinski definition) is 4. The molecule has 1 aliphatic rings. The minimum atomic E-state index is -3.46. The molecule has 156 valence electrons. The van der Waals surface area contributed by atoms with Gasteiger partial charge in [-0.15, -0.1) is 0 Å². The zero-order valence-electron chi connectivity index (χ0n) is 16.9. The molecule has 2 aromatic carbocycles. The normalized spacial score (nSPS) is 16.0. The Bertz CT molecular complexity index is 959. The van der Waals surface area contributed by atoms with Crippen molar-refractivity contribution < 1.29 is 17.9 Å². The van der Waals surface area contributed by atoms with Crippen LogP contribution in [0.15, 0.2) is 48.5 Å². The van der Waals surface area contributed by atoms with Gasteiger partial charge in [0.1, 0.15) is 5.75 Å². The summed E-state index contributed by atoms with van der Waals surface area (Å²) in [5, 5.41) is 3.12.